The number of halogens is 1. The van der Waals surface area contributed by atoms with Crippen LogP contribution in [-0.4, -0.2) is 11.0 Å². The van der Waals surface area contributed by atoms with Gasteiger partial charge in [-0.3, -0.25) is 0 Å². The molecular weight excluding hydrogens is 276 g/mol. The van der Waals surface area contributed by atoms with Crippen LogP contribution in [0.4, 0.5) is 5.82 Å². The second-order valence-corrected chi connectivity index (χ2v) is 6.04. The zero-order valence-corrected chi connectivity index (χ0v) is 11.0. The Balaban J connectivity index is 1.81. The van der Waals surface area contributed by atoms with Crippen molar-refractivity contribution < 1.29 is 0 Å². The molecule has 17 heavy (non-hydrogen) atoms. The largest absolute Gasteiger partial charge is 0.366 e. The summed E-state index contributed by atoms with van der Waals surface area (Å²) < 4.78 is 1.09. The van der Waals surface area contributed by atoms with Crippen molar-refractivity contribution in [2.24, 2.45) is 5.92 Å². The molecule has 4 rings (SSSR count). The summed E-state index contributed by atoms with van der Waals surface area (Å²) in [7, 11) is 0. The van der Waals surface area contributed by atoms with E-state index in [4.69, 9.17) is 4.98 Å². The molecule has 1 saturated carbocycles. The number of hydrogen-bond acceptors (Lipinski definition) is 2. The smallest absolute Gasteiger partial charge is 0.130 e. The van der Waals surface area contributed by atoms with Gasteiger partial charge in [0.05, 0.1) is 5.52 Å². The molecule has 0 amide bonds. The number of nitrogens with zero attached hydrogens (tertiary/aromatic N) is 1. The minimum Gasteiger partial charge on any atom is -0.366 e. The minimum atomic E-state index is 0.637. The second-order valence-electron chi connectivity index (χ2n) is 5.13. The fourth-order valence-electron chi connectivity index (χ4n) is 2.71. The first-order valence-electron chi connectivity index (χ1n) is 6.15. The van der Waals surface area contributed by atoms with Gasteiger partial charge in [0.2, 0.25) is 0 Å². The molecule has 1 aromatic carbocycles. The van der Waals surface area contributed by atoms with Crippen LogP contribution < -0.4 is 5.32 Å². The molecule has 0 bridgehead atoms. The Morgan fingerprint density at radius 1 is 1.24 bits per heavy atom. The van der Waals surface area contributed by atoms with Gasteiger partial charge < -0.3 is 5.32 Å². The van der Waals surface area contributed by atoms with Gasteiger partial charge in [-0.05, 0) is 48.9 Å². The molecule has 2 nitrogen and oxygen atoms in total. The Morgan fingerprint density at radius 2 is 2.12 bits per heavy atom. The highest BCUT2D eigenvalue weighted by atomic mass is 79.9. The average molecular weight is 289 g/mol. The van der Waals surface area contributed by atoms with Crippen molar-refractivity contribution in [1.29, 1.82) is 0 Å². The van der Waals surface area contributed by atoms with E-state index in [1.54, 1.807) is 0 Å². The summed E-state index contributed by atoms with van der Waals surface area (Å²) in [4.78, 5) is 4.74. The molecule has 1 aliphatic carbocycles. The third-order valence-electron chi connectivity index (χ3n) is 3.81. The molecule has 1 aromatic heterocycles. The Morgan fingerprint density at radius 3 is 2.94 bits per heavy atom. The Kier molecular flexibility index (Phi) is 2.01. The predicted molar refractivity (Wildman–Crippen MR) is 73.3 cm³/mol. The lowest BCUT2D eigenvalue weighted by Gasteiger charge is -2.07. The van der Waals surface area contributed by atoms with E-state index in [-0.39, 0.29) is 0 Å². The fraction of sp³-hybridized carbons (Fsp3) is 0.357. The van der Waals surface area contributed by atoms with Gasteiger partial charge in [0.1, 0.15) is 5.82 Å². The van der Waals surface area contributed by atoms with Crippen molar-refractivity contribution in [3.63, 3.8) is 0 Å². The maximum Gasteiger partial charge on any atom is 0.130 e. The third kappa shape index (κ3) is 1.64. The van der Waals surface area contributed by atoms with Crippen LogP contribution in [0.1, 0.15) is 18.4 Å². The summed E-state index contributed by atoms with van der Waals surface area (Å²) in [6.07, 6.45) is 3.92. The molecule has 86 valence electrons. The van der Waals surface area contributed by atoms with Crippen LogP contribution in [0, 0.1) is 5.92 Å². The Bertz CT molecular complexity index is 604. The monoisotopic (exact) mass is 288 g/mol. The molecule has 2 aromatic rings. The van der Waals surface area contributed by atoms with Crippen molar-refractivity contribution >= 4 is 32.7 Å². The first kappa shape index (κ1) is 9.89. The number of aromatic nitrogens is 1. The first-order valence-corrected chi connectivity index (χ1v) is 6.94. The van der Waals surface area contributed by atoms with Crippen LogP contribution in [0.15, 0.2) is 28.7 Å². The highest BCUT2D eigenvalue weighted by molar-refractivity contribution is 9.10. The van der Waals surface area contributed by atoms with Gasteiger partial charge in [-0.25, -0.2) is 4.98 Å². The maximum atomic E-state index is 4.74. The molecule has 1 aliphatic heterocycles. The molecule has 3 heteroatoms. The number of nitrogens with one attached hydrogen (secondary N) is 1. The normalized spacial score (nSPS) is 22.5. The lowest BCUT2D eigenvalue weighted by molar-refractivity contribution is 0.659. The number of benzene rings is 1. The van der Waals surface area contributed by atoms with Crippen molar-refractivity contribution in [3.05, 3.63) is 34.3 Å². The molecule has 0 radical (unpaired) electrons. The maximum absolute atomic E-state index is 4.74. The summed E-state index contributed by atoms with van der Waals surface area (Å²) in [5, 5.41) is 4.82. The molecule has 0 unspecified atom stereocenters. The highest BCUT2D eigenvalue weighted by Gasteiger charge is 2.35. The molecule has 1 atom stereocenters. The van der Waals surface area contributed by atoms with Crippen molar-refractivity contribution in [2.45, 2.75) is 25.3 Å². The minimum absolute atomic E-state index is 0.637. The van der Waals surface area contributed by atoms with Crippen LogP contribution in [0.2, 0.25) is 0 Å². The summed E-state index contributed by atoms with van der Waals surface area (Å²) in [5.41, 5.74) is 2.46. The van der Waals surface area contributed by atoms with Gasteiger partial charge in [-0.1, -0.05) is 22.0 Å². The quantitative estimate of drug-likeness (QED) is 0.865. The van der Waals surface area contributed by atoms with Crippen LogP contribution in [0.5, 0.6) is 0 Å². The van der Waals surface area contributed by atoms with E-state index in [0.29, 0.717) is 6.04 Å². The van der Waals surface area contributed by atoms with E-state index in [1.165, 1.54) is 23.8 Å². The van der Waals surface area contributed by atoms with E-state index in [0.717, 1.165) is 28.1 Å². The molecule has 2 heterocycles. The van der Waals surface area contributed by atoms with E-state index in [1.807, 2.05) is 0 Å². The fourth-order valence-corrected chi connectivity index (χ4v) is 3.06. The van der Waals surface area contributed by atoms with Crippen LogP contribution in [-0.2, 0) is 6.42 Å². The number of hydrogen-bond donors (Lipinski definition) is 1. The molecule has 1 N–H and O–H groups in total. The summed E-state index contributed by atoms with van der Waals surface area (Å²) >= 11 is 3.50. The molecule has 0 spiro atoms. The van der Waals surface area contributed by atoms with Gasteiger partial charge in [-0.15, -0.1) is 0 Å². The van der Waals surface area contributed by atoms with Crippen molar-refractivity contribution in [3.8, 4) is 0 Å². The number of fused-ring (bicyclic) bond motifs is 2. The SMILES string of the molecule is Brc1ccc2cc3c(nc2c1)N[C@H](C1CC1)C3. The Hall–Kier alpha value is -1.09. The summed E-state index contributed by atoms with van der Waals surface area (Å²) in [6, 6.07) is 9.23. The molecular formula is C14H13BrN2. The third-order valence-corrected chi connectivity index (χ3v) is 4.30. The topological polar surface area (TPSA) is 24.9 Å². The summed E-state index contributed by atoms with van der Waals surface area (Å²) in [5.74, 6) is 1.99. The zero-order chi connectivity index (χ0) is 11.4. The van der Waals surface area contributed by atoms with E-state index in [9.17, 15) is 0 Å². The lowest BCUT2D eigenvalue weighted by atomic mass is 10.1. The standard InChI is InChI=1S/C14H13BrN2/c15-11-4-3-9-5-10-6-12(8-1-2-8)16-14(10)17-13(9)7-11/h3-5,7-8,12H,1-2,6H2,(H,16,17)/t12-/m0/s1. The molecule has 2 aliphatic rings. The summed E-state index contributed by atoms with van der Waals surface area (Å²) in [6.45, 7) is 0. The van der Waals surface area contributed by atoms with Crippen molar-refractivity contribution in [1.82, 2.24) is 4.98 Å². The van der Waals surface area contributed by atoms with E-state index >= 15 is 0 Å². The highest BCUT2D eigenvalue weighted by Crippen LogP contribution is 2.40. The van der Waals surface area contributed by atoms with Gasteiger partial charge >= 0.3 is 0 Å². The Labute approximate surface area is 109 Å². The second kappa shape index (κ2) is 3.45. The van der Waals surface area contributed by atoms with E-state index < -0.39 is 0 Å². The zero-order valence-electron chi connectivity index (χ0n) is 9.41. The van der Waals surface area contributed by atoms with Crippen LogP contribution in [0.25, 0.3) is 10.9 Å². The molecule has 1 fully saturated rings. The van der Waals surface area contributed by atoms with Gasteiger partial charge in [0.15, 0.2) is 0 Å². The van der Waals surface area contributed by atoms with Crippen LogP contribution in [0.3, 0.4) is 0 Å². The van der Waals surface area contributed by atoms with E-state index in [2.05, 4.69) is 45.5 Å². The lowest BCUT2D eigenvalue weighted by Crippen LogP contribution is -2.17. The van der Waals surface area contributed by atoms with Crippen LogP contribution >= 0.6 is 15.9 Å². The molecule has 0 saturated heterocycles. The van der Waals surface area contributed by atoms with Crippen molar-refractivity contribution in [2.75, 3.05) is 5.32 Å². The van der Waals surface area contributed by atoms with Gasteiger partial charge in [-0.2, -0.15) is 0 Å². The van der Waals surface area contributed by atoms with Gasteiger partial charge in [0.25, 0.3) is 0 Å². The average Bonchev–Trinajstić information content (AvgIpc) is 3.07. The first-order chi connectivity index (χ1) is 8.29. The number of anilines is 1. The number of rotatable bonds is 1. The van der Waals surface area contributed by atoms with Gasteiger partial charge in [0, 0.05) is 15.9 Å². The predicted octanol–water partition coefficient (Wildman–Crippen LogP) is 3.74. The number of pyridine rings is 1.